The number of Topliss-reactive ketones (excluding diaryl/α,β-unsaturated/α-hetero) is 2. The molecule has 6 saturated carbocycles. The van der Waals surface area contributed by atoms with Crippen LogP contribution in [0.2, 0.25) is 0 Å². The third-order valence-electron chi connectivity index (χ3n) is 22.2. The average Bonchev–Trinajstić information content (AvgIpc) is 1.68. The molecule has 0 unspecified atom stereocenters. The second-order valence-electron chi connectivity index (χ2n) is 26.9. The summed E-state index contributed by atoms with van der Waals surface area (Å²) in [5.74, 6) is -1.93. The molecule has 2 aromatic carbocycles. The van der Waals surface area contributed by atoms with Crippen LogP contribution in [0.15, 0.2) is 123 Å². The smallest absolute Gasteiger partial charge is 0.245 e. The van der Waals surface area contributed by atoms with Gasteiger partial charge in [-0.25, -0.2) is 24.4 Å². The van der Waals surface area contributed by atoms with Crippen molar-refractivity contribution in [1.82, 2.24) is 19.1 Å². The molecule has 0 aliphatic heterocycles. The molecule has 4 bridgehead atoms. The predicted molar refractivity (Wildman–Crippen MR) is 403 cm³/mol. The van der Waals surface area contributed by atoms with E-state index in [4.69, 9.17) is 25.8 Å². The normalized spacial score (nSPS) is 33.2. The molecule has 23 heteroatoms. The van der Waals surface area contributed by atoms with E-state index in [1.165, 1.54) is 17.7 Å². The molecule has 16 atom stereocenters. The van der Waals surface area contributed by atoms with E-state index in [0.717, 1.165) is 61.8 Å². The Morgan fingerprint density at radius 3 is 1.41 bits per heavy atom. The third-order valence-corrected chi connectivity index (χ3v) is 22.4. The number of carbonyl (C=O) groups excluding carboxylic acids is 6. The minimum Gasteiger partial charge on any atom is -0.333 e. The fourth-order valence-electron chi connectivity index (χ4n) is 16.5. The molecule has 0 spiro atoms. The van der Waals surface area contributed by atoms with Crippen LogP contribution in [0.3, 0.4) is 0 Å². The molecule has 0 saturated heterocycles. The van der Waals surface area contributed by atoms with Crippen LogP contribution in [0, 0.1) is 68.0 Å². The first-order chi connectivity index (χ1) is 43.6. The topological polar surface area (TPSA) is 226 Å². The summed E-state index contributed by atoms with van der Waals surface area (Å²) in [5.41, 5.74) is 0.941. The van der Waals surface area contributed by atoms with E-state index >= 15 is 0 Å². The Morgan fingerprint density at radius 2 is 1.05 bits per heavy atom. The van der Waals surface area contributed by atoms with Crippen LogP contribution in [0.25, 0.3) is 12.2 Å². The minimum atomic E-state index is -0.736. The summed E-state index contributed by atoms with van der Waals surface area (Å²) in [7, 11) is 0. The van der Waals surface area contributed by atoms with Crippen LogP contribution >= 0.6 is 110 Å². The molecule has 93 heavy (non-hydrogen) atoms. The van der Waals surface area contributed by atoms with Crippen LogP contribution in [0.4, 0.5) is 0 Å². The van der Waals surface area contributed by atoms with Gasteiger partial charge >= 0.3 is 68.4 Å². The SMILES string of the molecule is C=C[C@]1(C)C[C@@H](OC(=O)CO)[C@]2(C)[C@H](C)CC[C@]3(CCC(=O)[C@H]32)[C@@H](C)[C@@H]1O.C=C[C@]1(C)C[C@@H](OC(=O)COC(=O)/C=C/c2ccc(Cn3ccnc3)cc2)[C@]2(C)[C@H](C)CC[C@]3(CCC(=O)[C@H]32)[C@@H](C)[C@@H]1O.I.II.I[I-]I.O=C(Cl)/C=C/c1ccc(Cn2ccnc2)cc1. The Kier molecular flexibility index (Phi) is 31.7. The number of halogens is 7. The van der Waals surface area contributed by atoms with Gasteiger partial charge in [-0.05, 0) is 132 Å². The van der Waals surface area contributed by atoms with E-state index in [2.05, 4.69) is 139 Å². The molecule has 2 heterocycles. The van der Waals surface area contributed by atoms with Crippen LogP contribution in [-0.2, 0) is 56.1 Å². The van der Waals surface area contributed by atoms with Gasteiger partial charge < -0.3 is 38.7 Å². The van der Waals surface area contributed by atoms with E-state index in [1.54, 1.807) is 49.4 Å². The summed E-state index contributed by atoms with van der Waals surface area (Å²) in [6.07, 6.45) is 24.6. The number of rotatable bonds is 15. The van der Waals surface area contributed by atoms with Gasteiger partial charge in [-0.15, -0.1) is 37.1 Å². The molecule has 16 nitrogen and oxygen atoms in total. The predicted octanol–water partition coefficient (Wildman–Crippen LogP) is 12.2. The maximum atomic E-state index is 13.5. The Labute approximate surface area is 624 Å². The second kappa shape index (κ2) is 36.2. The van der Waals surface area contributed by atoms with Gasteiger partial charge in [-0.1, -0.05) is 122 Å². The molecule has 512 valence electrons. The molecule has 0 amide bonds. The van der Waals surface area contributed by atoms with Gasteiger partial charge in [0.15, 0.2) is 6.61 Å². The van der Waals surface area contributed by atoms with Gasteiger partial charge in [-0.2, -0.15) is 0 Å². The number of hydrogen-bond donors (Lipinski definition) is 3. The summed E-state index contributed by atoms with van der Waals surface area (Å²) in [5, 5.41) is 31.8. The Bertz CT molecular complexity index is 3230. The van der Waals surface area contributed by atoms with E-state index in [1.807, 2.05) is 83.9 Å². The number of nitrogens with zero attached hydrogens (tertiary/aromatic N) is 4. The molecule has 2 aromatic heterocycles. The number of aromatic nitrogens is 4. The molecule has 10 rings (SSSR count). The summed E-state index contributed by atoms with van der Waals surface area (Å²) in [6, 6.07) is 15.7. The van der Waals surface area contributed by atoms with Crippen molar-refractivity contribution < 1.29 is 71.6 Å². The van der Waals surface area contributed by atoms with Gasteiger partial charge in [0.05, 0.1) is 24.9 Å². The number of aliphatic hydroxyl groups excluding tert-OH is 3. The van der Waals surface area contributed by atoms with Crippen molar-refractivity contribution in [2.45, 2.75) is 157 Å². The van der Waals surface area contributed by atoms with E-state index in [9.17, 15) is 44.1 Å². The van der Waals surface area contributed by atoms with Crippen molar-refractivity contribution in [2.24, 2.45) is 68.0 Å². The first-order valence-corrected chi connectivity index (χ1v) is 50.4. The largest absolute Gasteiger partial charge is 0.333 e. The Morgan fingerprint density at radius 1 is 0.667 bits per heavy atom. The summed E-state index contributed by atoms with van der Waals surface area (Å²) < 4.78 is 21.1. The minimum absolute atomic E-state index is 0. The number of aliphatic hydroxyl groups is 3. The van der Waals surface area contributed by atoms with Crippen LogP contribution in [0.5, 0.6) is 0 Å². The number of imidazole rings is 2. The molecule has 0 radical (unpaired) electrons. The zero-order valence-corrected chi connectivity index (χ0v) is 68.0. The number of allylic oxidation sites excluding steroid dienone is 1. The van der Waals surface area contributed by atoms with Gasteiger partial charge in [0, 0.05) is 128 Å². The zero-order valence-electron chi connectivity index (χ0n) is 54.1. The van der Waals surface area contributed by atoms with Crippen LogP contribution in [0.1, 0.15) is 142 Å². The zero-order chi connectivity index (χ0) is 68.0. The number of benzene rings is 2. The second-order valence-corrected chi connectivity index (χ2v) is 43.5. The molecular formula is C70H90ClI6N4O12-. The fourth-order valence-corrected chi connectivity index (χ4v) is 16.6. The molecule has 6 aliphatic carbocycles. The van der Waals surface area contributed by atoms with Gasteiger partial charge in [0.25, 0.3) is 0 Å². The van der Waals surface area contributed by atoms with Crippen molar-refractivity contribution in [3.05, 3.63) is 146 Å². The van der Waals surface area contributed by atoms with E-state index < -0.39 is 82.4 Å². The first-order valence-electron chi connectivity index (χ1n) is 31.2. The van der Waals surface area contributed by atoms with Crippen LogP contribution in [-0.4, -0.2) is 107 Å². The van der Waals surface area contributed by atoms with Gasteiger partial charge in [-0.3, -0.25) is 14.4 Å². The summed E-state index contributed by atoms with van der Waals surface area (Å²) in [4.78, 5) is 83.0. The summed E-state index contributed by atoms with van der Waals surface area (Å²) >= 11 is 14.8. The van der Waals surface area contributed by atoms with Crippen molar-refractivity contribution >= 4 is 157 Å². The van der Waals surface area contributed by atoms with Crippen molar-refractivity contribution in [2.75, 3.05) is 13.2 Å². The number of ether oxygens (including phenoxy) is 3. The van der Waals surface area contributed by atoms with E-state index in [-0.39, 0.29) is 81.9 Å². The molecule has 6 aliphatic rings. The van der Waals surface area contributed by atoms with Gasteiger partial charge in [0.2, 0.25) is 5.24 Å². The molecular weight excluding hydrogens is 1890 g/mol. The Hall–Kier alpha value is -2.21. The first kappa shape index (κ1) is 81.5. The quantitative estimate of drug-likeness (QED) is 0.0251. The molecule has 3 N–H and O–H groups in total. The van der Waals surface area contributed by atoms with Crippen molar-refractivity contribution in [1.29, 1.82) is 0 Å². The summed E-state index contributed by atoms with van der Waals surface area (Å²) in [6.45, 7) is 24.8. The standard InChI is InChI=1S/C35H44N2O6.C22H34O5.C13H11ClN2O.I3.I2.HI/c1-6-33(4)19-28(34(5)23(2)13-15-35(24(3)32(33)41)16-14-27(38)31(34)35)43-30(40)21-42-29(39)12-11-25-7-9-26(10-8-25)20-37-18-17-36-22-37;1-6-20(4)11-16(27-17(25)12-23)21(5)13(2)7-9-22(14(3)19(20)26)10-8-15(24)18(21)22;14-13(17)6-5-11-1-3-12(4-2-11)9-16-8-7-15-10-16;1-3-2;1-2;/h6-12,17-18,22-24,28,31-32,41H,1,13-16,19-21H2,2-5H3;6,13-14,16,18-19,23,26H,1,7-12H2,2-5H3;1-8,10H,9H2;;;1H/q;;;-1;;/b12-11+;;6-5+;;;/t23-,24+,28-,31+,32+,33-,34+,35+;13-,14+,16-,18+,19+,20-,21+,22+;;;;/m11..../s1. The maximum absolute atomic E-state index is 13.5. The number of ketones is 2. The van der Waals surface area contributed by atoms with Crippen LogP contribution < -0.4 is 13.3 Å². The third kappa shape index (κ3) is 18.6. The number of esters is 3. The van der Waals surface area contributed by atoms with Crippen molar-refractivity contribution in [3.63, 3.8) is 0 Å². The molecule has 6 fully saturated rings. The van der Waals surface area contributed by atoms with E-state index in [0.29, 0.717) is 45.5 Å². The Balaban J connectivity index is 0.000000267. The number of carbonyl (C=O) groups is 6. The molecule has 4 aromatic rings. The maximum Gasteiger partial charge on any atom is 0.245 e. The monoisotopic (exact) mass is 1980 g/mol. The average molecular weight is 1980 g/mol. The number of hydrogen-bond acceptors (Lipinski definition) is 14. The fraction of sp³-hybridized carbons (Fsp3) is 0.543. The van der Waals surface area contributed by atoms with Crippen molar-refractivity contribution in [3.8, 4) is 0 Å². The van der Waals surface area contributed by atoms with Gasteiger partial charge in [0.1, 0.15) is 30.4 Å².